The van der Waals surface area contributed by atoms with E-state index in [4.69, 9.17) is 0 Å². The van der Waals surface area contributed by atoms with Gasteiger partial charge in [0.2, 0.25) is 0 Å². The largest absolute Gasteiger partial charge is 0.433 e. The van der Waals surface area contributed by atoms with E-state index in [1.165, 1.54) is 18.6 Å². The van der Waals surface area contributed by atoms with Gasteiger partial charge in [0.15, 0.2) is 0 Å². The average molecular weight is 316 g/mol. The molecule has 7 heteroatoms. The zero-order chi connectivity index (χ0) is 16.2. The summed E-state index contributed by atoms with van der Waals surface area (Å²) in [5.74, 6) is 0.736. The molecule has 0 aliphatic carbocycles. The second-order valence-electron chi connectivity index (χ2n) is 4.91. The van der Waals surface area contributed by atoms with Gasteiger partial charge in [-0.15, -0.1) is 0 Å². The van der Waals surface area contributed by atoms with E-state index in [1.54, 1.807) is 6.07 Å². The lowest BCUT2D eigenvalue weighted by molar-refractivity contribution is -0.0500. The molecule has 23 heavy (non-hydrogen) atoms. The van der Waals surface area contributed by atoms with Gasteiger partial charge >= 0.3 is 6.61 Å². The number of para-hydroxylation sites is 1. The van der Waals surface area contributed by atoms with Crippen LogP contribution in [0.3, 0.4) is 0 Å². The summed E-state index contributed by atoms with van der Waals surface area (Å²) in [4.78, 5) is 12.6. The number of rotatable bonds is 5. The van der Waals surface area contributed by atoms with Crippen molar-refractivity contribution in [2.24, 2.45) is 0 Å². The number of nitrogens with zero attached hydrogens (tertiary/aromatic N) is 3. The smallest absolute Gasteiger partial charge is 0.387 e. The predicted molar refractivity (Wildman–Crippen MR) is 82.5 cm³/mol. The first-order valence-electron chi connectivity index (χ1n) is 6.97. The zero-order valence-electron chi connectivity index (χ0n) is 12.3. The van der Waals surface area contributed by atoms with E-state index in [-0.39, 0.29) is 5.75 Å². The van der Waals surface area contributed by atoms with Crippen molar-refractivity contribution < 1.29 is 13.5 Å². The molecule has 0 aliphatic rings. The van der Waals surface area contributed by atoms with Crippen LogP contribution in [0.25, 0.3) is 10.9 Å². The van der Waals surface area contributed by atoms with Crippen LogP contribution in [0, 0.1) is 6.92 Å². The van der Waals surface area contributed by atoms with Crippen LogP contribution in [0.4, 0.5) is 14.6 Å². The topological polar surface area (TPSA) is 59.9 Å². The normalized spacial score (nSPS) is 11.0. The maximum Gasteiger partial charge on any atom is 0.387 e. The Kier molecular flexibility index (Phi) is 4.27. The molecule has 0 saturated heterocycles. The molecule has 5 nitrogen and oxygen atoms in total. The summed E-state index contributed by atoms with van der Waals surface area (Å²) in [6.45, 7) is -0.450. The van der Waals surface area contributed by atoms with Gasteiger partial charge in [-0.1, -0.05) is 12.1 Å². The summed E-state index contributed by atoms with van der Waals surface area (Å²) in [5, 5.41) is 4.11. The number of anilines is 1. The SMILES string of the molecule is Cc1cccc2c(NCc3ccc(OC(F)F)cn3)ncnc12. The molecule has 3 rings (SSSR count). The number of pyridine rings is 1. The average Bonchev–Trinajstić information content (AvgIpc) is 2.54. The Balaban J connectivity index is 1.75. The van der Waals surface area contributed by atoms with Gasteiger partial charge in [-0.3, -0.25) is 4.98 Å². The fourth-order valence-corrected chi connectivity index (χ4v) is 2.24. The number of ether oxygens (including phenoxy) is 1. The van der Waals surface area contributed by atoms with Crippen LogP contribution in [0.1, 0.15) is 11.3 Å². The predicted octanol–water partition coefficient (Wildman–Crippen LogP) is 3.55. The first-order chi connectivity index (χ1) is 11.1. The van der Waals surface area contributed by atoms with Crippen molar-refractivity contribution in [2.75, 3.05) is 5.32 Å². The molecule has 0 fully saturated rings. The molecular weight excluding hydrogens is 302 g/mol. The highest BCUT2D eigenvalue weighted by molar-refractivity contribution is 5.90. The molecule has 1 aromatic carbocycles. The third kappa shape index (κ3) is 3.50. The minimum Gasteiger partial charge on any atom is -0.433 e. The Labute approximate surface area is 131 Å². The van der Waals surface area contributed by atoms with E-state index in [9.17, 15) is 8.78 Å². The van der Waals surface area contributed by atoms with Crippen molar-refractivity contribution >= 4 is 16.7 Å². The Morgan fingerprint density at radius 1 is 1.13 bits per heavy atom. The monoisotopic (exact) mass is 316 g/mol. The van der Waals surface area contributed by atoms with Crippen LogP contribution in [-0.4, -0.2) is 21.6 Å². The molecule has 0 saturated carbocycles. The number of hydrogen-bond acceptors (Lipinski definition) is 5. The minimum atomic E-state index is -2.85. The van der Waals surface area contributed by atoms with Gasteiger partial charge in [0.1, 0.15) is 17.9 Å². The molecule has 0 spiro atoms. The molecule has 0 bridgehead atoms. The molecule has 1 N–H and O–H groups in total. The fourth-order valence-electron chi connectivity index (χ4n) is 2.24. The minimum absolute atomic E-state index is 0.0341. The van der Waals surface area contributed by atoms with Gasteiger partial charge in [-0.25, -0.2) is 9.97 Å². The first-order valence-corrected chi connectivity index (χ1v) is 6.97. The summed E-state index contributed by atoms with van der Waals surface area (Å²) in [6.07, 6.45) is 2.77. The number of aryl methyl sites for hydroxylation is 1. The number of aromatic nitrogens is 3. The summed E-state index contributed by atoms with van der Waals surface area (Å²) >= 11 is 0. The van der Waals surface area contributed by atoms with Crippen LogP contribution in [0.5, 0.6) is 5.75 Å². The van der Waals surface area contributed by atoms with Crippen molar-refractivity contribution in [3.8, 4) is 5.75 Å². The third-order valence-electron chi connectivity index (χ3n) is 3.33. The molecule has 2 aromatic heterocycles. The van der Waals surface area contributed by atoms with Crippen molar-refractivity contribution in [3.05, 3.63) is 54.1 Å². The van der Waals surface area contributed by atoms with Gasteiger partial charge < -0.3 is 10.1 Å². The maximum atomic E-state index is 12.1. The molecule has 0 unspecified atom stereocenters. The van der Waals surface area contributed by atoms with Crippen molar-refractivity contribution in [3.63, 3.8) is 0 Å². The lowest BCUT2D eigenvalue weighted by atomic mass is 10.1. The summed E-state index contributed by atoms with van der Waals surface area (Å²) in [7, 11) is 0. The Morgan fingerprint density at radius 2 is 2.00 bits per heavy atom. The highest BCUT2D eigenvalue weighted by Gasteiger charge is 2.07. The van der Waals surface area contributed by atoms with Crippen LogP contribution < -0.4 is 10.1 Å². The standard InChI is InChI=1S/C16H14F2N4O/c1-10-3-2-4-13-14(10)21-9-22-15(13)20-7-11-5-6-12(8-19-11)23-16(17)18/h2-6,8-9,16H,7H2,1H3,(H,20,21,22). The summed E-state index contributed by atoms with van der Waals surface area (Å²) in [5.41, 5.74) is 2.64. The molecule has 118 valence electrons. The van der Waals surface area contributed by atoms with E-state index in [1.807, 2.05) is 25.1 Å². The van der Waals surface area contributed by atoms with Gasteiger partial charge in [-0.05, 0) is 30.7 Å². The van der Waals surface area contributed by atoms with Crippen molar-refractivity contribution in [1.29, 1.82) is 0 Å². The molecule has 0 aliphatic heterocycles. The van der Waals surface area contributed by atoms with Crippen molar-refractivity contribution in [1.82, 2.24) is 15.0 Å². The van der Waals surface area contributed by atoms with E-state index >= 15 is 0 Å². The number of benzene rings is 1. The molecule has 0 radical (unpaired) electrons. The first kappa shape index (κ1) is 15.1. The second kappa shape index (κ2) is 6.51. The summed E-state index contributed by atoms with van der Waals surface area (Å²) in [6, 6.07) is 8.96. The van der Waals surface area contributed by atoms with E-state index in [0.717, 1.165) is 16.5 Å². The summed E-state index contributed by atoms with van der Waals surface area (Å²) < 4.78 is 28.5. The lowest BCUT2D eigenvalue weighted by Crippen LogP contribution is -2.06. The highest BCUT2D eigenvalue weighted by Crippen LogP contribution is 2.22. The Hall–Kier alpha value is -2.83. The van der Waals surface area contributed by atoms with Crippen LogP contribution in [0.2, 0.25) is 0 Å². The Morgan fingerprint density at radius 3 is 2.74 bits per heavy atom. The van der Waals surface area contributed by atoms with Crippen molar-refractivity contribution in [2.45, 2.75) is 20.1 Å². The number of hydrogen-bond donors (Lipinski definition) is 1. The quantitative estimate of drug-likeness (QED) is 0.780. The number of alkyl halides is 2. The van der Waals surface area contributed by atoms with E-state index in [2.05, 4.69) is 25.0 Å². The molecule has 0 amide bonds. The third-order valence-corrected chi connectivity index (χ3v) is 3.33. The van der Waals surface area contributed by atoms with E-state index < -0.39 is 6.61 Å². The maximum absolute atomic E-state index is 12.1. The number of fused-ring (bicyclic) bond motifs is 1. The number of halogens is 2. The molecule has 0 atom stereocenters. The second-order valence-corrected chi connectivity index (χ2v) is 4.91. The van der Waals surface area contributed by atoms with Gasteiger partial charge in [0, 0.05) is 5.39 Å². The number of nitrogens with one attached hydrogen (secondary N) is 1. The van der Waals surface area contributed by atoms with Crippen LogP contribution in [-0.2, 0) is 6.54 Å². The van der Waals surface area contributed by atoms with Gasteiger partial charge in [-0.2, -0.15) is 8.78 Å². The lowest BCUT2D eigenvalue weighted by Gasteiger charge is -2.09. The van der Waals surface area contributed by atoms with Crippen LogP contribution >= 0.6 is 0 Å². The van der Waals surface area contributed by atoms with Crippen LogP contribution in [0.15, 0.2) is 42.9 Å². The Bertz CT molecular complexity index is 809. The van der Waals surface area contributed by atoms with Gasteiger partial charge in [0.25, 0.3) is 0 Å². The van der Waals surface area contributed by atoms with E-state index in [0.29, 0.717) is 18.1 Å². The molecular formula is C16H14F2N4O. The highest BCUT2D eigenvalue weighted by atomic mass is 19.3. The fraction of sp³-hybridized carbons (Fsp3) is 0.188. The van der Waals surface area contributed by atoms with Gasteiger partial charge in [0.05, 0.1) is 24.0 Å². The molecule has 3 aromatic rings. The zero-order valence-corrected chi connectivity index (χ0v) is 12.3. The molecule has 2 heterocycles.